The molecule has 2 aromatic carbocycles. The Bertz CT molecular complexity index is 1550. The van der Waals surface area contributed by atoms with Gasteiger partial charge in [0.25, 0.3) is 0 Å². The first kappa shape index (κ1) is 29.7. The number of carbonyl (C=O) groups is 1. The second kappa shape index (κ2) is 13.9. The number of nitrogens with one attached hydrogen (secondary N) is 1. The van der Waals surface area contributed by atoms with Crippen LogP contribution in [-0.2, 0) is 9.53 Å². The number of carbonyl (C=O) groups excluding carboxylic acids is 1. The molecular formula is C31H33Cl2N7O2. The Morgan fingerprint density at radius 3 is 2.76 bits per heavy atom. The van der Waals surface area contributed by atoms with E-state index in [4.69, 9.17) is 27.9 Å². The zero-order chi connectivity index (χ0) is 29.5. The Morgan fingerprint density at radius 1 is 1.17 bits per heavy atom. The van der Waals surface area contributed by atoms with Crippen molar-refractivity contribution in [2.75, 3.05) is 19.8 Å². The van der Waals surface area contributed by atoms with E-state index in [9.17, 15) is 4.79 Å². The van der Waals surface area contributed by atoms with Crippen molar-refractivity contribution < 1.29 is 9.53 Å². The highest BCUT2D eigenvalue weighted by Gasteiger charge is 2.38. The van der Waals surface area contributed by atoms with Gasteiger partial charge in [-0.05, 0) is 66.8 Å². The van der Waals surface area contributed by atoms with Gasteiger partial charge >= 0.3 is 0 Å². The topological polar surface area (TPSA) is 102 Å². The van der Waals surface area contributed by atoms with Gasteiger partial charge in [-0.2, -0.15) is 4.68 Å². The van der Waals surface area contributed by atoms with E-state index < -0.39 is 0 Å². The number of aromatic nitrogens is 6. The molecule has 2 aromatic heterocycles. The summed E-state index contributed by atoms with van der Waals surface area (Å²) in [5, 5.41) is 12.3. The summed E-state index contributed by atoms with van der Waals surface area (Å²) in [5.74, 6) is 0.697. The number of benzene rings is 2. The Morgan fingerprint density at radius 2 is 2.00 bits per heavy atom. The molecule has 0 aliphatic carbocycles. The molecule has 0 spiro atoms. The quantitative estimate of drug-likeness (QED) is 0.116. The van der Waals surface area contributed by atoms with E-state index in [0.29, 0.717) is 40.4 Å². The van der Waals surface area contributed by atoms with Crippen LogP contribution in [0.4, 0.5) is 0 Å². The molecule has 0 radical (unpaired) electrons. The summed E-state index contributed by atoms with van der Waals surface area (Å²) in [5.41, 5.74) is 4.33. The zero-order valence-electron chi connectivity index (χ0n) is 23.6. The van der Waals surface area contributed by atoms with Gasteiger partial charge in [0.05, 0.1) is 24.0 Å². The third kappa shape index (κ3) is 6.98. The van der Waals surface area contributed by atoms with Crippen molar-refractivity contribution in [2.24, 2.45) is 5.92 Å². The fraction of sp³-hybridized carbons (Fsp3) is 0.323. The van der Waals surface area contributed by atoms with E-state index in [1.165, 1.54) is 16.6 Å². The monoisotopic (exact) mass is 605 g/mol. The summed E-state index contributed by atoms with van der Waals surface area (Å²) in [6.07, 6.45) is 9.58. The highest BCUT2D eigenvalue weighted by atomic mass is 35.5. The van der Waals surface area contributed by atoms with Crippen LogP contribution in [0, 0.1) is 5.92 Å². The number of tetrazole rings is 1. The minimum absolute atomic E-state index is 0.141. The summed E-state index contributed by atoms with van der Waals surface area (Å²) in [7, 11) is 0. The van der Waals surface area contributed by atoms with Crippen LogP contribution >= 0.6 is 23.2 Å². The van der Waals surface area contributed by atoms with Gasteiger partial charge in [0.15, 0.2) is 5.15 Å². The number of imidazole rings is 1. The summed E-state index contributed by atoms with van der Waals surface area (Å²) < 4.78 is 7.18. The summed E-state index contributed by atoms with van der Waals surface area (Å²) in [4.78, 5) is 23.7. The number of aromatic amines is 1. The number of ether oxygens (including phenoxy) is 1. The molecule has 9 nitrogen and oxygen atoms in total. The Kier molecular flexibility index (Phi) is 9.84. The maximum atomic E-state index is 13.8. The van der Waals surface area contributed by atoms with Crippen LogP contribution in [0.2, 0.25) is 10.2 Å². The Balaban J connectivity index is 1.42. The van der Waals surface area contributed by atoms with Gasteiger partial charge in [0.2, 0.25) is 5.91 Å². The van der Waals surface area contributed by atoms with Gasteiger partial charge in [-0.3, -0.25) is 4.79 Å². The number of nitrogens with zero attached hydrogens (tertiary/aromatic N) is 6. The van der Waals surface area contributed by atoms with Gasteiger partial charge < -0.3 is 14.6 Å². The largest absolute Gasteiger partial charge is 0.381 e. The smallest absolute Gasteiger partial charge is 0.247 e. The van der Waals surface area contributed by atoms with Crippen LogP contribution in [0.3, 0.4) is 0 Å². The van der Waals surface area contributed by atoms with Gasteiger partial charge in [0.1, 0.15) is 12.2 Å². The third-order valence-electron chi connectivity index (χ3n) is 7.35. The van der Waals surface area contributed by atoms with Gasteiger partial charge in [-0.15, -0.1) is 5.10 Å². The number of H-pyrrole nitrogens is 1. The number of hydrogen-bond acceptors (Lipinski definition) is 6. The number of hydrogen-bond donors (Lipinski definition) is 1. The Labute approximate surface area is 255 Å². The molecule has 2 atom stereocenters. The van der Waals surface area contributed by atoms with Crippen LogP contribution in [0.15, 0.2) is 72.6 Å². The summed E-state index contributed by atoms with van der Waals surface area (Å²) >= 11 is 12.9. The van der Waals surface area contributed by atoms with Crippen molar-refractivity contribution >= 4 is 35.2 Å². The second-order valence-electron chi connectivity index (χ2n) is 10.2. The van der Waals surface area contributed by atoms with Gasteiger partial charge in [-0.1, -0.05) is 72.1 Å². The molecule has 5 rings (SSSR count). The lowest BCUT2D eigenvalue weighted by molar-refractivity contribution is -0.127. The van der Waals surface area contributed by atoms with Crippen LogP contribution in [0.25, 0.3) is 23.0 Å². The summed E-state index contributed by atoms with van der Waals surface area (Å²) in [6, 6.07) is 14.9. The molecule has 1 aliphatic rings. The van der Waals surface area contributed by atoms with E-state index in [2.05, 4.69) is 45.4 Å². The molecule has 1 saturated heterocycles. The molecule has 42 heavy (non-hydrogen) atoms. The molecule has 1 fully saturated rings. The fourth-order valence-electron chi connectivity index (χ4n) is 5.17. The molecule has 4 aromatic rings. The molecule has 3 heterocycles. The van der Waals surface area contributed by atoms with E-state index in [0.717, 1.165) is 37.1 Å². The maximum Gasteiger partial charge on any atom is 0.247 e. The number of likely N-dealkylation sites (tertiary alicyclic amines) is 1. The van der Waals surface area contributed by atoms with Crippen molar-refractivity contribution in [3.63, 3.8) is 0 Å². The summed E-state index contributed by atoms with van der Waals surface area (Å²) in [6.45, 7) is 6.23. The lowest BCUT2D eigenvalue weighted by Crippen LogP contribution is -2.30. The highest BCUT2D eigenvalue weighted by Crippen LogP contribution is 2.40. The molecule has 1 unspecified atom stereocenters. The number of amides is 1. The molecule has 1 aliphatic heterocycles. The first-order valence-corrected chi connectivity index (χ1v) is 14.8. The van der Waals surface area contributed by atoms with E-state index >= 15 is 0 Å². The predicted octanol–water partition coefficient (Wildman–Crippen LogP) is 6.73. The molecule has 11 heteroatoms. The standard InChI is InChI=1S/C31H33Cl2N7O2/c1-3-15-42-16-7-8-21(2)24-18-27(31-35-29(30(33)36-31)22-9-5-4-6-10-22)39(19-24)28(41)14-11-23-17-25(32)12-13-26(23)40-20-34-37-38-40/h4-6,8-14,17,20,24,27H,3,7,15-16,18-19H2,1-2H3,(H,35,36)/b14-11+,21-8-/t24-,27?/m0/s1. The van der Waals surface area contributed by atoms with Crippen LogP contribution in [0.1, 0.15) is 50.5 Å². The number of halogens is 2. The maximum absolute atomic E-state index is 13.8. The van der Waals surface area contributed by atoms with Crippen LogP contribution in [-0.4, -0.2) is 60.7 Å². The second-order valence-corrected chi connectivity index (χ2v) is 11.0. The van der Waals surface area contributed by atoms with Crippen molar-refractivity contribution in [3.05, 3.63) is 94.1 Å². The minimum Gasteiger partial charge on any atom is -0.381 e. The molecule has 0 saturated carbocycles. The third-order valence-corrected chi connectivity index (χ3v) is 7.86. The Hall–Kier alpha value is -3.79. The van der Waals surface area contributed by atoms with Crippen LogP contribution < -0.4 is 0 Å². The van der Waals surface area contributed by atoms with E-state index in [-0.39, 0.29) is 17.9 Å². The molecule has 1 N–H and O–H groups in total. The minimum atomic E-state index is -0.278. The van der Waals surface area contributed by atoms with Crippen molar-refractivity contribution in [1.82, 2.24) is 35.1 Å². The van der Waals surface area contributed by atoms with Crippen LogP contribution in [0.5, 0.6) is 0 Å². The highest BCUT2D eigenvalue weighted by molar-refractivity contribution is 6.32. The van der Waals surface area contributed by atoms with Crippen molar-refractivity contribution in [1.29, 1.82) is 0 Å². The predicted molar refractivity (Wildman–Crippen MR) is 164 cm³/mol. The van der Waals surface area contributed by atoms with E-state index in [1.807, 2.05) is 41.3 Å². The molecule has 0 bridgehead atoms. The lowest BCUT2D eigenvalue weighted by atomic mass is 9.96. The zero-order valence-corrected chi connectivity index (χ0v) is 25.1. The number of rotatable bonds is 11. The average molecular weight is 607 g/mol. The fourth-order valence-corrected chi connectivity index (χ4v) is 5.60. The van der Waals surface area contributed by atoms with Crippen molar-refractivity contribution in [2.45, 2.75) is 39.2 Å². The lowest BCUT2D eigenvalue weighted by Gasteiger charge is -2.21. The average Bonchev–Trinajstić information content (AvgIpc) is 3.76. The first-order valence-electron chi connectivity index (χ1n) is 14.0. The van der Waals surface area contributed by atoms with Gasteiger partial charge in [0, 0.05) is 35.4 Å². The first-order chi connectivity index (χ1) is 20.4. The molecule has 218 valence electrons. The normalized spacial score (nSPS) is 17.4. The van der Waals surface area contributed by atoms with Crippen molar-refractivity contribution in [3.8, 4) is 16.9 Å². The molecule has 1 amide bonds. The SMILES string of the molecule is CCCOCC/C=C(/C)[C@H]1CC(c2nc(Cl)c(-c3ccccc3)[nH]2)N(C(=O)/C=C/c2cc(Cl)ccc2-n2cnnn2)C1. The molecular weight excluding hydrogens is 573 g/mol. The van der Waals surface area contributed by atoms with Gasteiger partial charge in [-0.25, -0.2) is 4.98 Å². The van der Waals surface area contributed by atoms with E-state index in [1.54, 1.807) is 24.3 Å².